The fourth-order valence-electron chi connectivity index (χ4n) is 2.86. The molecule has 0 atom stereocenters. The van der Waals surface area contributed by atoms with E-state index in [-0.39, 0.29) is 12.5 Å². The molecule has 2 aromatic carbocycles. The fraction of sp³-hybridized carbons (Fsp3) is 0.150. The van der Waals surface area contributed by atoms with Crippen molar-refractivity contribution < 1.29 is 9.53 Å². The highest BCUT2D eigenvalue weighted by Crippen LogP contribution is 2.44. The second-order valence-electron chi connectivity index (χ2n) is 5.13. The summed E-state index contributed by atoms with van der Waals surface area (Å²) in [6.45, 7) is 0.475. The smallest absolute Gasteiger partial charge is 0.407 e. The summed E-state index contributed by atoms with van der Waals surface area (Å²) >= 11 is 0. The molecule has 0 fully saturated rings. The number of fused-ring (bicyclic) bond motifs is 3. The molecule has 23 heavy (non-hydrogen) atoms. The van der Waals surface area contributed by atoms with Gasteiger partial charge in [-0.1, -0.05) is 54.5 Å². The van der Waals surface area contributed by atoms with Crippen LogP contribution < -0.4 is 5.32 Å². The highest BCUT2D eigenvalue weighted by atomic mass is 16.5. The number of alkyl carbamates (subject to hydrolysis) is 1. The molecule has 0 radical (unpaired) electrons. The van der Waals surface area contributed by atoms with Gasteiger partial charge in [0.1, 0.15) is 6.61 Å². The van der Waals surface area contributed by atoms with Crippen LogP contribution in [-0.4, -0.2) is 19.2 Å². The van der Waals surface area contributed by atoms with Crippen LogP contribution in [0.1, 0.15) is 17.0 Å². The Hall–Kier alpha value is -3.17. The second kappa shape index (κ2) is 6.73. The molecule has 0 aliphatic heterocycles. The first-order chi connectivity index (χ1) is 11.3. The summed E-state index contributed by atoms with van der Waals surface area (Å²) in [5.41, 5.74) is 4.79. The van der Waals surface area contributed by atoms with Crippen LogP contribution in [0.5, 0.6) is 0 Å². The van der Waals surface area contributed by atoms with Crippen molar-refractivity contribution in [2.45, 2.75) is 5.92 Å². The predicted molar refractivity (Wildman–Crippen MR) is 89.7 cm³/mol. The van der Waals surface area contributed by atoms with Crippen molar-refractivity contribution in [2.75, 3.05) is 13.2 Å². The quantitative estimate of drug-likeness (QED) is 0.884. The van der Waals surface area contributed by atoms with Crippen molar-refractivity contribution in [3.8, 4) is 35.3 Å². The molecular weight excluding hydrogens is 286 g/mol. The van der Waals surface area contributed by atoms with Crippen LogP contribution in [0.2, 0.25) is 0 Å². The Bertz CT molecular complexity index is 791. The zero-order chi connectivity index (χ0) is 16.1. The Morgan fingerprint density at radius 3 is 2.30 bits per heavy atom. The van der Waals surface area contributed by atoms with Crippen LogP contribution in [0.25, 0.3) is 11.1 Å². The van der Waals surface area contributed by atoms with E-state index in [1.54, 1.807) is 0 Å². The predicted octanol–water partition coefficient (Wildman–Crippen LogP) is 3.16. The largest absolute Gasteiger partial charge is 0.449 e. The van der Waals surface area contributed by atoms with Crippen molar-refractivity contribution in [2.24, 2.45) is 0 Å². The van der Waals surface area contributed by atoms with Gasteiger partial charge in [0.25, 0.3) is 0 Å². The molecule has 1 N–H and O–H groups in total. The monoisotopic (exact) mass is 301 g/mol. The number of carbonyl (C=O) groups excluding carboxylic acids is 1. The van der Waals surface area contributed by atoms with Crippen molar-refractivity contribution in [3.63, 3.8) is 0 Å². The molecule has 0 heterocycles. The molecule has 3 rings (SSSR count). The Kier molecular flexibility index (Phi) is 4.32. The Labute approximate surface area is 135 Å². The first-order valence-electron chi connectivity index (χ1n) is 7.33. The minimum atomic E-state index is -0.488. The van der Waals surface area contributed by atoms with Crippen molar-refractivity contribution in [3.05, 3.63) is 59.7 Å². The molecule has 0 bridgehead atoms. The van der Waals surface area contributed by atoms with E-state index >= 15 is 0 Å². The van der Waals surface area contributed by atoms with Gasteiger partial charge in [0.2, 0.25) is 0 Å². The SMILES string of the molecule is C#CC#CCNC(=O)OCC1c2ccccc2-c2ccccc21. The lowest BCUT2D eigenvalue weighted by molar-refractivity contribution is 0.144. The third-order valence-corrected chi connectivity index (χ3v) is 3.83. The van der Waals surface area contributed by atoms with Gasteiger partial charge in [-0.3, -0.25) is 0 Å². The zero-order valence-electron chi connectivity index (χ0n) is 12.5. The van der Waals surface area contributed by atoms with Crippen LogP contribution in [0.4, 0.5) is 4.79 Å². The lowest BCUT2D eigenvalue weighted by atomic mass is 9.98. The molecular formula is C20H15NO2. The molecule has 2 aromatic rings. The van der Waals surface area contributed by atoms with Crippen LogP contribution >= 0.6 is 0 Å². The average Bonchev–Trinajstić information content (AvgIpc) is 2.91. The van der Waals surface area contributed by atoms with Gasteiger partial charge in [-0.05, 0) is 34.1 Å². The lowest BCUT2D eigenvalue weighted by Gasteiger charge is -2.14. The Morgan fingerprint density at radius 1 is 1.09 bits per heavy atom. The second-order valence-corrected chi connectivity index (χ2v) is 5.13. The first kappa shape index (κ1) is 14.8. The van der Waals surface area contributed by atoms with E-state index in [1.165, 1.54) is 22.3 Å². The van der Waals surface area contributed by atoms with Crippen molar-refractivity contribution in [1.82, 2.24) is 5.32 Å². The molecule has 3 heteroatoms. The van der Waals surface area contributed by atoms with E-state index in [9.17, 15) is 4.79 Å². The molecule has 3 nitrogen and oxygen atoms in total. The van der Waals surface area contributed by atoms with E-state index in [2.05, 4.69) is 47.3 Å². The van der Waals surface area contributed by atoms with Gasteiger partial charge in [0.15, 0.2) is 0 Å². The summed E-state index contributed by atoms with van der Waals surface area (Å²) in [5.74, 6) is 7.31. The molecule has 0 saturated heterocycles. The summed E-state index contributed by atoms with van der Waals surface area (Å²) in [4.78, 5) is 11.7. The van der Waals surface area contributed by atoms with E-state index in [1.807, 2.05) is 24.3 Å². The number of amides is 1. The van der Waals surface area contributed by atoms with Crippen molar-refractivity contribution in [1.29, 1.82) is 0 Å². The third kappa shape index (κ3) is 3.05. The first-order valence-corrected chi connectivity index (χ1v) is 7.33. The van der Waals surface area contributed by atoms with Crippen LogP contribution in [0.15, 0.2) is 48.5 Å². The number of terminal acetylenes is 1. The number of hydrogen-bond acceptors (Lipinski definition) is 2. The molecule has 0 saturated carbocycles. The van der Waals surface area contributed by atoms with Gasteiger partial charge in [0, 0.05) is 5.92 Å². The fourth-order valence-corrected chi connectivity index (χ4v) is 2.86. The number of nitrogens with one attached hydrogen (secondary N) is 1. The summed E-state index contributed by atoms with van der Waals surface area (Å²) in [6, 6.07) is 16.4. The molecule has 1 amide bonds. The maximum Gasteiger partial charge on any atom is 0.407 e. The number of ether oxygens (including phenoxy) is 1. The van der Waals surface area contributed by atoms with E-state index in [4.69, 9.17) is 11.2 Å². The van der Waals surface area contributed by atoms with Gasteiger partial charge >= 0.3 is 6.09 Å². The van der Waals surface area contributed by atoms with E-state index in [0.717, 1.165) is 0 Å². The standard InChI is InChI=1S/C20H15NO2/c1-2-3-8-13-21-20(22)23-14-19-17-11-6-4-9-15(17)16-10-5-7-12-18(16)19/h1,4-7,9-12,19H,13-14H2,(H,21,22). The molecule has 1 aliphatic carbocycles. The molecule has 0 aromatic heterocycles. The van der Waals surface area contributed by atoms with E-state index < -0.39 is 6.09 Å². The highest BCUT2D eigenvalue weighted by molar-refractivity contribution is 5.79. The lowest BCUT2D eigenvalue weighted by Crippen LogP contribution is -2.26. The maximum absolute atomic E-state index is 11.7. The number of carbonyl (C=O) groups is 1. The number of rotatable bonds is 3. The molecule has 0 spiro atoms. The normalized spacial score (nSPS) is 11.4. The third-order valence-electron chi connectivity index (χ3n) is 3.83. The summed E-state index contributed by atoms with van der Waals surface area (Å²) < 4.78 is 5.35. The minimum absolute atomic E-state index is 0.0601. The summed E-state index contributed by atoms with van der Waals surface area (Å²) in [5, 5.41) is 2.56. The number of benzene rings is 2. The zero-order valence-corrected chi connectivity index (χ0v) is 12.5. The highest BCUT2D eigenvalue weighted by Gasteiger charge is 2.28. The van der Waals surface area contributed by atoms with Crippen LogP contribution in [0.3, 0.4) is 0 Å². The van der Waals surface area contributed by atoms with Gasteiger partial charge in [-0.15, -0.1) is 6.42 Å². The van der Waals surface area contributed by atoms with Gasteiger partial charge in [-0.2, -0.15) is 0 Å². The van der Waals surface area contributed by atoms with Gasteiger partial charge < -0.3 is 10.1 Å². The molecule has 112 valence electrons. The maximum atomic E-state index is 11.7. The van der Waals surface area contributed by atoms with E-state index in [0.29, 0.717) is 6.61 Å². The molecule has 0 unspecified atom stereocenters. The summed E-state index contributed by atoms with van der Waals surface area (Å²) in [6.07, 6.45) is 4.52. The van der Waals surface area contributed by atoms with Gasteiger partial charge in [-0.25, -0.2) is 4.79 Å². The molecule has 1 aliphatic rings. The van der Waals surface area contributed by atoms with Crippen LogP contribution in [-0.2, 0) is 4.74 Å². The summed E-state index contributed by atoms with van der Waals surface area (Å²) in [7, 11) is 0. The van der Waals surface area contributed by atoms with Gasteiger partial charge in [0.05, 0.1) is 6.54 Å². The topological polar surface area (TPSA) is 38.3 Å². The van der Waals surface area contributed by atoms with Crippen molar-refractivity contribution >= 4 is 6.09 Å². The Balaban J connectivity index is 1.71. The average molecular weight is 301 g/mol. The minimum Gasteiger partial charge on any atom is -0.449 e. The van der Waals surface area contributed by atoms with Crippen LogP contribution in [0, 0.1) is 24.2 Å². The Morgan fingerprint density at radius 2 is 1.70 bits per heavy atom. The number of hydrogen-bond donors (Lipinski definition) is 1.